The van der Waals surface area contributed by atoms with Crippen molar-refractivity contribution in [2.75, 3.05) is 13.7 Å². The van der Waals surface area contributed by atoms with Crippen LogP contribution >= 0.6 is 0 Å². The third kappa shape index (κ3) is 3.91. The van der Waals surface area contributed by atoms with Crippen molar-refractivity contribution in [3.8, 4) is 11.5 Å². The highest BCUT2D eigenvalue weighted by Gasteiger charge is 2.13. The summed E-state index contributed by atoms with van der Waals surface area (Å²) in [5, 5.41) is 22.0. The highest BCUT2D eigenvalue weighted by molar-refractivity contribution is 5.41. The smallest absolute Gasteiger partial charge is 0.120 e. The first-order valence-corrected chi connectivity index (χ1v) is 5.82. The fourth-order valence-electron chi connectivity index (χ4n) is 1.80. The van der Waals surface area contributed by atoms with Gasteiger partial charge in [-0.05, 0) is 38.5 Å². The lowest BCUT2D eigenvalue weighted by Crippen LogP contribution is -2.29. The van der Waals surface area contributed by atoms with Gasteiger partial charge in [-0.2, -0.15) is 0 Å². The van der Waals surface area contributed by atoms with Crippen molar-refractivity contribution >= 4 is 0 Å². The number of rotatable bonds is 6. The maximum absolute atomic E-state index is 9.80. The van der Waals surface area contributed by atoms with E-state index >= 15 is 0 Å². The van der Waals surface area contributed by atoms with Crippen molar-refractivity contribution in [3.05, 3.63) is 23.8 Å². The molecule has 0 amide bonds. The van der Waals surface area contributed by atoms with Crippen molar-refractivity contribution in [1.29, 1.82) is 0 Å². The van der Waals surface area contributed by atoms with Gasteiger partial charge in [0.2, 0.25) is 0 Å². The first-order chi connectivity index (χ1) is 8.08. The average Bonchev–Trinajstić information content (AvgIpc) is 2.29. The molecule has 4 nitrogen and oxygen atoms in total. The average molecular weight is 239 g/mol. The molecule has 0 heterocycles. The Morgan fingerprint density at radius 3 is 2.65 bits per heavy atom. The molecule has 0 saturated heterocycles. The Hall–Kier alpha value is -1.26. The van der Waals surface area contributed by atoms with E-state index in [4.69, 9.17) is 9.84 Å². The molecule has 0 radical (unpaired) electrons. The van der Waals surface area contributed by atoms with Gasteiger partial charge >= 0.3 is 0 Å². The molecule has 0 saturated carbocycles. The molecule has 4 heteroatoms. The number of hydrogen-bond donors (Lipinski definition) is 3. The number of phenols is 1. The molecule has 0 bridgehead atoms. The largest absolute Gasteiger partial charge is 0.508 e. The molecule has 3 N–H and O–H groups in total. The molecule has 0 aromatic heterocycles. The molecule has 2 atom stereocenters. The molecule has 0 aliphatic heterocycles. The van der Waals surface area contributed by atoms with Crippen LogP contribution in [0.3, 0.4) is 0 Å². The monoisotopic (exact) mass is 239 g/mol. The summed E-state index contributed by atoms with van der Waals surface area (Å²) in [6.45, 7) is 4.14. The zero-order valence-corrected chi connectivity index (χ0v) is 10.6. The minimum absolute atomic E-state index is 0.00616. The fourth-order valence-corrected chi connectivity index (χ4v) is 1.80. The Morgan fingerprint density at radius 1 is 1.35 bits per heavy atom. The Bertz CT molecular complexity index is 355. The molecule has 1 rings (SSSR count). The third-order valence-corrected chi connectivity index (χ3v) is 2.80. The second-order valence-electron chi connectivity index (χ2n) is 4.23. The molecule has 96 valence electrons. The topological polar surface area (TPSA) is 61.7 Å². The van der Waals surface area contributed by atoms with Crippen LogP contribution in [0.2, 0.25) is 0 Å². The first-order valence-electron chi connectivity index (χ1n) is 5.82. The number of aliphatic hydroxyl groups is 1. The van der Waals surface area contributed by atoms with Crippen LogP contribution in [-0.2, 0) is 0 Å². The van der Waals surface area contributed by atoms with E-state index in [1.807, 2.05) is 19.9 Å². The predicted octanol–water partition coefficient (Wildman–Crippen LogP) is 1.82. The number of hydrogen-bond acceptors (Lipinski definition) is 4. The highest BCUT2D eigenvalue weighted by Crippen LogP contribution is 2.28. The normalized spacial score (nSPS) is 14.4. The number of aliphatic hydroxyl groups excluding tert-OH is 1. The van der Waals surface area contributed by atoms with Gasteiger partial charge in [-0.3, -0.25) is 0 Å². The van der Waals surface area contributed by atoms with Gasteiger partial charge in [0.25, 0.3) is 0 Å². The molecular weight excluding hydrogens is 218 g/mol. The minimum atomic E-state index is 0.00616. The number of methoxy groups -OCH3 is 1. The van der Waals surface area contributed by atoms with E-state index in [-0.39, 0.29) is 24.4 Å². The lowest BCUT2D eigenvalue weighted by atomic mass is 10.1. The Balaban J connectivity index is 2.76. The Labute approximate surface area is 102 Å². The number of ether oxygens (including phenoxy) is 1. The zero-order valence-electron chi connectivity index (χ0n) is 10.6. The fraction of sp³-hybridized carbons (Fsp3) is 0.538. The lowest BCUT2D eigenvalue weighted by Gasteiger charge is -2.21. The highest BCUT2D eigenvalue weighted by atomic mass is 16.5. The van der Waals surface area contributed by atoms with Crippen LogP contribution in [-0.4, -0.2) is 30.0 Å². The van der Waals surface area contributed by atoms with E-state index in [2.05, 4.69) is 5.32 Å². The minimum Gasteiger partial charge on any atom is -0.508 e. The molecule has 1 aromatic carbocycles. The maximum Gasteiger partial charge on any atom is 0.120 e. The molecule has 0 spiro atoms. The summed E-state index contributed by atoms with van der Waals surface area (Å²) in [6, 6.07) is 5.37. The quantitative estimate of drug-likeness (QED) is 0.708. The zero-order chi connectivity index (χ0) is 12.8. The van der Waals surface area contributed by atoms with Crippen LogP contribution in [0.1, 0.15) is 31.9 Å². The van der Waals surface area contributed by atoms with Crippen molar-refractivity contribution in [1.82, 2.24) is 5.32 Å². The number of nitrogens with one attached hydrogen (secondary N) is 1. The van der Waals surface area contributed by atoms with E-state index in [1.165, 1.54) is 0 Å². The van der Waals surface area contributed by atoms with Gasteiger partial charge in [-0.25, -0.2) is 0 Å². The first kappa shape index (κ1) is 13.8. The summed E-state index contributed by atoms with van der Waals surface area (Å²) in [4.78, 5) is 0. The Kier molecular flexibility index (Phi) is 5.25. The van der Waals surface area contributed by atoms with Crippen LogP contribution in [0.4, 0.5) is 0 Å². The van der Waals surface area contributed by atoms with Gasteiger partial charge in [0, 0.05) is 24.3 Å². The van der Waals surface area contributed by atoms with Crippen LogP contribution in [0.5, 0.6) is 11.5 Å². The van der Waals surface area contributed by atoms with Crippen molar-refractivity contribution in [2.24, 2.45) is 0 Å². The number of phenolic OH excluding ortho intramolecular Hbond substituents is 1. The Morgan fingerprint density at radius 2 is 2.06 bits per heavy atom. The standard InChI is InChI=1S/C13H21NO3/c1-9(6-7-15)14-10(2)12-8-11(17-3)4-5-13(12)16/h4-5,8-10,14-16H,6-7H2,1-3H3. The summed E-state index contributed by atoms with van der Waals surface area (Å²) < 4.78 is 5.13. The van der Waals surface area contributed by atoms with E-state index in [9.17, 15) is 5.11 Å². The molecule has 17 heavy (non-hydrogen) atoms. The van der Waals surface area contributed by atoms with Gasteiger partial charge in [0.15, 0.2) is 0 Å². The van der Waals surface area contributed by atoms with Crippen molar-refractivity contribution in [2.45, 2.75) is 32.4 Å². The summed E-state index contributed by atoms with van der Waals surface area (Å²) in [5.41, 5.74) is 0.800. The predicted molar refractivity (Wildman–Crippen MR) is 67.4 cm³/mol. The maximum atomic E-state index is 9.80. The van der Waals surface area contributed by atoms with E-state index in [0.717, 1.165) is 11.3 Å². The van der Waals surface area contributed by atoms with Crippen molar-refractivity contribution in [3.63, 3.8) is 0 Å². The van der Waals surface area contributed by atoms with E-state index in [0.29, 0.717) is 6.42 Å². The molecule has 0 fully saturated rings. The summed E-state index contributed by atoms with van der Waals surface area (Å²) in [5.74, 6) is 0.975. The SMILES string of the molecule is COc1ccc(O)c(C(C)NC(C)CCO)c1. The van der Waals surface area contributed by atoms with Crippen LogP contribution in [0.15, 0.2) is 18.2 Å². The second kappa shape index (κ2) is 6.47. The van der Waals surface area contributed by atoms with Gasteiger partial charge in [0.05, 0.1) is 7.11 Å². The van der Waals surface area contributed by atoms with Gasteiger partial charge in [0.1, 0.15) is 11.5 Å². The summed E-state index contributed by atoms with van der Waals surface area (Å²) in [7, 11) is 1.60. The van der Waals surface area contributed by atoms with Gasteiger partial charge in [-0.15, -0.1) is 0 Å². The molecular formula is C13H21NO3. The van der Waals surface area contributed by atoms with Crippen LogP contribution in [0, 0.1) is 0 Å². The molecule has 1 aromatic rings. The third-order valence-electron chi connectivity index (χ3n) is 2.80. The summed E-state index contributed by atoms with van der Waals surface area (Å²) in [6.07, 6.45) is 0.690. The van der Waals surface area contributed by atoms with Crippen molar-refractivity contribution < 1.29 is 14.9 Å². The van der Waals surface area contributed by atoms with E-state index in [1.54, 1.807) is 19.2 Å². The summed E-state index contributed by atoms with van der Waals surface area (Å²) >= 11 is 0. The van der Waals surface area contributed by atoms with Crippen LogP contribution < -0.4 is 10.1 Å². The van der Waals surface area contributed by atoms with E-state index < -0.39 is 0 Å². The van der Waals surface area contributed by atoms with Crippen LogP contribution in [0.25, 0.3) is 0 Å². The van der Waals surface area contributed by atoms with Gasteiger partial charge < -0.3 is 20.3 Å². The molecule has 0 aliphatic rings. The molecule has 0 aliphatic carbocycles. The number of aromatic hydroxyl groups is 1. The second-order valence-corrected chi connectivity index (χ2v) is 4.23. The molecule has 2 unspecified atom stereocenters. The van der Waals surface area contributed by atoms with Gasteiger partial charge in [-0.1, -0.05) is 0 Å². The lowest BCUT2D eigenvalue weighted by molar-refractivity contribution is 0.264. The number of benzene rings is 1.